The fraction of sp³-hybridized carbons (Fsp3) is 0.688. The molecule has 0 bridgehead atoms. The lowest BCUT2D eigenvalue weighted by Gasteiger charge is -2.37. The van der Waals surface area contributed by atoms with Gasteiger partial charge in [-0.15, -0.1) is 0 Å². The average Bonchev–Trinajstić information content (AvgIpc) is 3.25. The van der Waals surface area contributed by atoms with E-state index in [9.17, 15) is 9.59 Å². The number of nitrogens with one attached hydrogen (secondary N) is 1. The molecule has 2 saturated heterocycles. The quantitative estimate of drug-likeness (QED) is 0.842. The number of aromatic nitrogens is 2. The van der Waals surface area contributed by atoms with E-state index in [0.717, 1.165) is 32.5 Å². The van der Waals surface area contributed by atoms with Crippen LogP contribution in [0.3, 0.4) is 0 Å². The summed E-state index contributed by atoms with van der Waals surface area (Å²) in [6, 6.07) is 0.408. The van der Waals surface area contributed by atoms with E-state index in [1.54, 1.807) is 22.0 Å². The summed E-state index contributed by atoms with van der Waals surface area (Å²) < 4.78 is 1.71. The van der Waals surface area contributed by atoms with Crippen molar-refractivity contribution in [1.82, 2.24) is 19.6 Å². The molecule has 0 aliphatic carbocycles. The molecule has 126 valence electrons. The number of piperidine rings is 1. The number of hydrogen-bond acceptors (Lipinski definition) is 4. The molecule has 2 fully saturated rings. The molecule has 0 radical (unpaired) electrons. The van der Waals surface area contributed by atoms with Gasteiger partial charge < -0.3 is 10.2 Å². The van der Waals surface area contributed by atoms with Crippen LogP contribution in [0, 0.1) is 0 Å². The van der Waals surface area contributed by atoms with Gasteiger partial charge in [0.15, 0.2) is 0 Å². The van der Waals surface area contributed by atoms with Gasteiger partial charge in [0.2, 0.25) is 0 Å². The molecular formula is C16H25N5O2. The summed E-state index contributed by atoms with van der Waals surface area (Å²) in [5, 5.41) is 6.75. The van der Waals surface area contributed by atoms with Crippen LogP contribution in [0.5, 0.6) is 0 Å². The van der Waals surface area contributed by atoms with Gasteiger partial charge in [-0.2, -0.15) is 5.10 Å². The zero-order chi connectivity index (χ0) is 16.2. The van der Waals surface area contributed by atoms with Crippen molar-refractivity contribution in [3.63, 3.8) is 0 Å². The molecule has 7 heteroatoms. The van der Waals surface area contributed by atoms with E-state index in [2.05, 4.69) is 15.3 Å². The van der Waals surface area contributed by atoms with Gasteiger partial charge in [-0.25, -0.2) is 0 Å². The Morgan fingerprint density at radius 3 is 2.74 bits per heavy atom. The van der Waals surface area contributed by atoms with E-state index in [4.69, 9.17) is 0 Å². The lowest BCUT2D eigenvalue weighted by Crippen LogP contribution is -2.51. The summed E-state index contributed by atoms with van der Waals surface area (Å²) in [6.45, 7) is 6.28. The van der Waals surface area contributed by atoms with E-state index in [-0.39, 0.29) is 0 Å². The second-order valence-electron chi connectivity index (χ2n) is 6.33. The second kappa shape index (κ2) is 7.12. The zero-order valence-electron chi connectivity index (χ0n) is 13.7. The number of anilines is 1. The zero-order valence-corrected chi connectivity index (χ0v) is 13.7. The maximum absolute atomic E-state index is 12.4. The maximum Gasteiger partial charge on any atom is 0.313 e. The van der Waals surface area contributed by atoms with Crippen molar-refractivity contribution in [2.45, 2.75) is 45.2 Å². The molecule has 2 aliphatic heterocycles. The molecule has 0 saturated carbocycles. The summed E-state index contributed by atoms with van der Waals surface area (Å²) in [4.78, 5) is 28.8. The predicted molar refractivity (Wildman–Crippen MR) is 86.9 cm³/mol. The van der Waals surface area contributed by atoms with Crippen LogP contribution >= 0.6 is 0 Å². The fourth-order valence-electron chi connectivity index (χ4n) is 3.47. The minimum atomic E-state index is -0.567. The number of aryl methyl sites for hydroxylation is 1. The van der Waals surface area contributed by atoms with E-state index < -0.39 is 11.8 Å². The van der Waals surface area contributed by atoms with Crippen LogP contribution in [-0.2, 0) is 16.1 Å². The van der Waals surface area contributed by atoms with Gasteiger partial charge in [-0.3, -0.25) is 19.2 Å². The Hall–Kier alpha value is -1.89. The minimum Gasteiger partial charge on any atom is -0.333 e. The topological polar surface area (TPSA) is 70.5 Å². The molecule has 1 aromatic rings. The standard InChI is InChI=1S/C16H25N5O2/c1-2-21-11-13(10-17-21)18-15(22)16(23)20-9-5-6-14(12-20)19-7-3-4-8-19/h10-11,14H,2-9,12H2,1H3,(H,18,22). The van der Waals surface area contributed by atoms with Crippen molar-refractivity contribution < 1.29 is 9.59 Å². The SMILES string of the molecule is CCn1cc(NC(=O)C(=O)N2CCCC(N3CCCC3)C2)cn1. The molecule has 2 amide bonds. The first-order valence-electron chi connectivity index (χ1n) is 8.54. The fourth-order valence-corrected chi connectivity index (χ4v) is 3.47. The first kappa shape index (κ1) is 16.0. The highest BCUT2D eigenvalue weighted by Gasteiger charge is 2.31. The number of rotatable bonds is 3. The number of carbonyl (C=O) groups is 2. The van der Waals surface area contributed by atoms with Crippen molar-refractivity contribution in [3.8, 4) is 0 Å². The summed E-state index contributed by atoms with van der Waals surface area (Å²) in [5.74, 6) is -0.999. The van der Waals surface area contributed by atoms with E-state index in [0.29, 0.717) is 24.8 Å². The molecule has 2 aliphatic rings. The van der Waals surface area contributed by atoms with E-state index in [1.165, 1.54) is 12.8 Å². The Balaban J connectivity index is 1.56. The van der Waals surface area contributed by atoms with Gasteiger partial charge in [0.05, 0.1) is 11.9 Å². The Bertz CT molecular complexity index is 565. The highest BCUT2D eigenvalue weighted by atomic mass is 16.2. The average molecular weight is 319 g/mol. The smallest absolute Gasteiger partial charge is 0.313 e. The molecule has 23 heavy (non-hydrogen) atoms. The first-order valence-corrected chi connectivity index (χ1v) is 8.54. The number of amides is 2. The summed E-state index contributed by atoms with van der Waals surface area (Å²) in [6.07, 6.45) is 7.87. The number of hydrogen-bond donors (Lipinski definition) is 1. The number of likely N-dealkylation sites (tertiary alicyclic amines) is 2. The van der Waals surface area contributed by atoms with Gasteiger partial charge in [-0.1, -0.05) is 0 Å². The van der Waals surface area contributed by atoms with Crippen LogP contribution in [-0.4, -0.2) is 63.6 Å². The van der Waals surface area contributed by atoms with Gasteiger partial charge in [0.1, 0.15) is 0 Å². The second-order valence-corrected chi connectivity index (χ2v) is 6.33. The normalized spacial score (nSPS) is 22.3. The Morgan fingerprint density at radius 1 is 1.26 bits per heavy atom. The van der Waals surface area contributed by atoms with Gasteiger partial charge in [0.25, 0.3) is 0 Å². The summed E-state index contributed by atoms with van der Waals surface area (Å²) >= 11 is 0. The summed E-state index contributed by atoms with van der Waals surface area (Å²) in [7, 11) is 0. The molecule has 1 atom stereocenters. The molecule has 7 nitrogen and oxygen atoms in total. The Kier molecular flexibility index (Phi) is 4.95. The van der Waals surface area contributed by atoms with Crippen LogP contribution in [0.2, 0.25) is 0 Å². The number of carbonyl (C=O) groups excluding carboxylic acids is 2. The van der Waals surface area contributed by atoms with Crippen LogP contribution in [0.1, 0.15) is 32.6 Å². The Labute approximate surface area is 136 Å². The molecule has 0 spiro atoms. The number of nitrogens with zero attached hydrogens (tertiary/aromatic N) is 4. The van der Waals surface area contributed by atoms with Crippen molar-refractivity contribution in [2.24, 2.45) is 0 Å². The first-order chi connectivity index (χ1) is 11.2. The molecule has 3 heterocycles. The molecule has 1 N–H and O–H groups in total. The van der Waals surface area contributed by atoms with Crippen molar-refractivity contribution >= 4 is 17.5 Å². The lowest BCUT2D eigenvalue weighted by molar-refractivity contribution is -0.144. The molecule has 1 aromatic heterocycles. The van der Waals surface area contributed by atoms with Gasteiger partial charge in [0, 0.05) is 31.9 Å². The molecule has 3 rings (SSSR count). The van der Waals surface area contributed by atoms with Crippen LogP contribution in [0.25, 0.3) is 0 Å². The molecule has 1 unspecified atom stereocenters. The third-order valence-electron chi connectivity index (χ3n) is 4.75. The lowest BCUT2D eigenvalue weighted by atomic mass is 10.0. The monoisotopic (exact) mass is 319 g/mol. The molecular weight excluding hydrogens is 294 g/mol. The Morgan fingerprint density at radius 2 is 2.04 bits per heavy atom. The molecule has 0 aromatic carbocycles. The van der Waals surface area contributed by atoms with Crippen molar-refractivity contribution in [1.29, 1.82) is 0 Å². The van der Waals surface area contributed by atoms with E-state index >= 15 is 0 Å². The third kappa shape index (κ3) is 3.72. The van der Waals surface area contributed by atoms with Crippen LogP contribution in [0.4, 0.5) is 5.69 Å². The van der Waals surface area contributed by atoms with Crippen molar-refractivity contribution in [3.05, 3.63) is 12.4 Å². The van der Waals surface area contributed by atoms with Gasteiger partial charge >= 0.3 is 11.8 Å². The van der Waals surface area contributed by atoms with Crippen LogP contribution in [0.15, 0.2) is 12.4 Å². The van der Waals surface area contributed by atoms with Crippen molar-refractivity contribution in [2.75, 3.05) is 31.5 Å². The predicted octanol–water partition coefficient (Wildman–Crippen LogP) is 0.928. The van der Waals surface area contributed by atoms with Crippen LogP contribution < -0.4 is 5.32 Å². The maximum atomic E-state index is 12.4. The third-order valence-corrected chi connectivity index (χ3v) is 4.75. The largest absolute Gasteiger partial charge is 0.333 e. The highest BCUT2D eigenvalue weighted by molar-refractivity contribution is 6.39. The minimum absolute atomic E-state index is 0.408. The summed E-state index contributed by atoms with van der Waals surface area (Å²) in [5.41, 5.74) is 0.568. The highest BCUT2D eigenvalue weighted by Crippen LogP contribution is 2.20. The van der Waals surface area contributed by atoms with E-state index in [1.807, 2.05) is 6.92 Å². The van der Waals surface area contributed by atoms with Gasteiger partial charge in [-0.05, 0) is 45.7 Å².